The first kappa shape index (κ1) is 30.9. The fraction of sp³-hybridized carbons (Fsp3) is 0.316. The molecule has 228 valence electrons. The zero-order valence-corrected chi connectivity index (χ0v) is 25.5. The average molecular weight is 591 g/mol. The van der Waals surface area contributed by atoms with E-state index in [4.69, 9.17) is 9.47 Å². The van der Waals surface area contributed by atoms with Gasteiger partial charge in [0.25, 0.3) is 0 Å². The smallest absolute Gasteiger partial charge is 0.328 e. The molecule has 4 aromatic carbocycles. The number of hydrogen-bond donors (Lipinski definition) is 2. The van der Waals surface area contributed by atoms with Gasteiger partial charge < -0.3 is 20.1 Å². The lowest BCUT2D eigenvalue weighted by molar-refractivity contribution is -0.141. The molecule has 0 radical (unpaired) electrons. The van der Waals surface area contributed by atoms with Crippen molar-refractivity contribution in [3.63, 3.8) is 0 Å². The van der Waals surface area contributed by atoms with Crippen molar-refractivity contribution < 1.29 is 19.1 Å². The van der Waals surface area contributed by atoms with Crippen molar-refractivity contribution >= 4 is 23.1 Å². The highest BCUT2D eigenvalue weighted by atomic mass is 16.5. The van der Waals surface area contributed by atoms with Crippen molar-refractivity contribution in [2.24, 2.45) is 5.92 Å². The Morgan fingerprint density at radius 3 is 2.23 bits per heavy atom. The van der Waals surface area contributed by atoms with Crippen LogP contribution in [-0.2, 0) is 22.4 Å². The summed E-state index contributed by atoms with van der Waals surface area (Å²) in [4.78, 5) is 26.0. The van der Waals surface area contributed by atoms with E-state index in [1.807, 2.05) is 60.7 Å². The van der Waals surface area contributed by atoms with Gasteiger partial charge in [-0.05, 0) is 53.8 Å². The summed E-state index contributed by atoms with van der Waals surface area (Å²) in [6, 6.07) is 32.1. The van der Waals surface area contributed by atoms with Gasteiger partial charge in [-0.25, -0.2) is 4.79 Å². The summed E-state index contributed by atoms with van der Waals surface area (Å²) in [5.74, 6) is 1.05. The first-order chi connectivity index (χ1) is 21.6. The molecule has 0 aromatic heterocycles. The lowest BCUT2D eigenvalue weighted by Crippen LogP contribution is -2.33. The number of carbonyl (C=O) groups excluding carboxylic acids is 2. The third-order valence-electron chi connectivity index (χ3n) is 8.32. The number of anilines is 2. The number of ketones is 1. The lowest BCUT2D eigenvalue weighted by Gasteiger charge is -2.23. The number of nitrogens with one attached hydrogen (secondary N) is 2. The predicted octanol–water partition coefficient (Wildman–Crippen LogP) is 7.73. The lowest BCUT2D eigenvalue weighted by atomic mass is 9.84. The van der Waals surface area contributed by atoms with Crippen LogP contribution in [-0.4, -0.2) is 38.1 Å². The molecule has 1 aliphatic rings. The maximum absolute atomic E-state index is 13.2. The number of carbonyl (C=O) groups is 2. The Hall–Kier alpha value is -4.58. The second-order valence-electron chi connectivity index (χ2n) is 11.4. The molecule has 1 aliphatic carbocycles. The number of esters is 1. The van der Waals surface area contributed by atoms with Gasteiger partial charge in [-0.2, -0.15) is 0 Å². The van der Waals surface area contributed by atoms with Gasteiger partial charge in [0.1, 0.15) is 18.4 Å². The van der Waals surface area contributed by atoms with Crippen molar-refractivity contribution in [1.82, 2.24) is 0 Å². The van der Waals surface area contributed by atoms with Crippen LogP contribution in [0, 0.1) is 5.92 Å². The second-order valence-corrected chi connectivity index (χ2v) is 11.4. The number of rotatable bonds is 14. The normalized spacial score (nSPS) is 13.9. The topological polar surface area (TPSA) is 76.7 Å². The Bertz CT molecular complexity index is 1500. The van der Waals surface area contributed by atoms with Gasteiger partial charge in [0, 0.05) is 35.5 Å². The molecular weight excluding hydrogens is 548 g/mol. The zero-order valence-electron chi connectivity index (χ0n) is 25.5. The van der Waals surface area contributed by atoms with Crippen LogP contribution in [0.25, 0.3) is 0 Å². The molecule has 0 amide bonds. The van der Waals surface area contributed by atoms with Crippen molar-refractivity contribution in [2.75, 3.05) is 30.9 Å². The van der Waals surface area contributed by atoms with Crippen molar-refractivity contribution in [3.05, 3.63) is 125 Å². The van der Waals surface area contributed by atoms with E-state index in [1.165, 1.54) is 50.5 Å². The minimum Gasteiger partial charge on any atom is -0.492 e. The van der Waals surface area contributed by atoms with Crippen molar-refractivity contribution in [2.45, 2.75) is 51.0 Å². The third-order valence-corrected chi connectivity index (χ3v) is 8.32. The number of ether oxygens (including phenoxy) is 2. The van der Waals surface area contributed by atoms with Crippen LogP contribution in [0.4, 0.5) is 11.4 Å². The SMILES string of the molecule is COC(=O)C(Cc1ccc(OCCNc2ccccc2CC2CCCCC2)cc1)Nc1ccccc1C(=O)c1ccccc1. The quantitative estimate of drug-likeness (QED) is 0.0889. The number of para-hydroxylation sites is 2. The van der Waals surface area contributed by atoms with E-state index >= 15 is 0 Å². The van der Waals surface area contributed by atoms with E-state index in [-0.39, 0.29) is 5.78 Å². The maximum atomic E-state index is 13.2. The number of methoxy groups -OCH3 is 1. The van der Waals surface area contributed by atoms with Gasteiger partial charge in [0.2, 0.25) is 0 Å². The Morgan fingerprint density at radius 1 is 0.795 bits per heavy atom. The molecule has 6 heteroatoms. The largest absolute Gasteiger partial charge is 0.492 e. The Kier molecular flexibility index (Phi) is 11.1. The highest BCUT2D eigenvalue weighted by Crippen LogP contribution is 2.29. The summed E-state index contributed by atoms with van der Waals surface area (Å²) in [5.41, 5.74) is 5.22. The zero-order chi connectivity index (χ0) is 30.6. The van der Waals surface area contributed by atoms with Gasteiger partial charge in [0.15, 0.2) is 5.78 Å². The molecule has 5 rings (SSSR count). The Morgan fingerprint density at radius 2 is 1.48 bits per heavy atom. The molecule has 0 spiro atoms. The minimum atomic E-state index is -0.672. The highest BCUT2D eigenvalue weighted by molar-refractivity contribution is 6.12. The molecule has 44 heavy (non-hydrogen) atoms. The summed E-state index contributed by atoms with van der Waals surface area (Å²) in [7, 11) is 1.37. The van der Waals surface area contributed by atoms with Crippen LogP contribution in [0.15, 0.2) is 103 Å². The first-order valence-corrected chi connectivity index (χ1v) is 15.7. The Labute approximate surface area is 260 Å². The van der Waals surface area contributed by atoms with E-state index in [1.54, 1.807) is 18.2 Å². The molecule has 1 atom stereocenters. The van der Waals surface area contributed by atoms with Gasteiger partial charge in [-0.15, -0.1) is 0 Å². The minimum absolute atomic E-state index is 0.110. The van der Waals surface area contributed by atoms with Crippen LogP contribution >= 0.6 is 0 Å². The fourth-order valence-electron chi connectivity index (χ4n) is 5.96. The third kappa shape index (κ3) is 8.50. The molecule has 1 unspecified atom stereocenters. The average Bonchev–Trinajstić information content (AvgIpc) is 3.08. The predicted molar refractivity (Wildman–Crippen MR) is 177 cm³/mol. The van der Waals surface area contributed by atoms with E-state index in [0.717, 1.165) is 23.7 Å². The summed E-state index contributed by atoms with van der Waals surface area (Å²) in [6.45, 7) is 1.24. The van der Waals surface area contributed by atoms with E-state index in [9.17, 15) is 9.59 Å². The van der Waals surface area contributed by atoms with E-state index in [2.05, 4.69) is 34.9 Å². The molecule has 1 fully saturated rings. The second kappa shape index (κ2) is 15.8. The van der Waals surface area contributed by atoms with Crippen LogP contribution in [0.1, 0.15) is 59.2 Å². The monoisotopic (exact) mass is 590 g/mol. The highest BCUT2D eigenvalue weighted by Gasteiger charge is 2.23. The molecule has 6 nitrogen and oxygen atoms in total. The standard InChI is InChI=1S/C38H42N2O4/c1-43-38(42)36(40-35-19-11-9-17-33(35)37(41)30-14-6-3-7-15-30)27-29-20-22-32(23-21-29)44-25-24-39-34-18-10-8-16-31(34)26-28-12-4-2-5-13-28/h3,6-11,14-23,28,36,39-40H,2,4-5,12-13,24-27H2,1H3. The number of benzene rings is 4. The summed E-state index contributed by atoms with van der Waals surface area (Å²) in [6.07, 6.45) is 8.30. The Balaban J connectivity index is 1.15. The molecule has 0 bridgehead atoms. The molecule has 0 aliphatic heterocycles. The van der Waals surface area contributed by atoms with Crippen LogP contribution < -0.4 is 15.4 Å². The van der Waals surface area contributed by atoms with Gasteiger partial charge >= 0.3 is 5.97 Å². The molecule has 4 aromatic rings. The maximum Gasteiger partial charge on any atom is 0.328 e. The van der Waals surface area contributed by atoms with Crippen LogP contribution in [0.3, 0.4) is 0 Å². The van der Waals surface area contributed by atoms with Crippen molar-refractivity contribution in [1.29, 1.82) is 0 Å². The molecular formula is C38H42N2O4. The van der Waals surface area contributed by atoms with Crippen LogP contribution in [0.2, 0.25) is 0 Å². The molecule has 0 heterocycles. The first-order valence-electron chi connectivity index (χ1n) is 15.7. The van der Waals surface area contributed by atoms with Gasteiger partial charge in [0.05, 0.1) is 7.11 Å². The summed E-state index contributed by atoms with van der Waals surface area (Å²) in [5, 5.41) is 6.83. The fourth-order valence-corrected chi connectivity index (χ4v) is 5.96. The molecule has 2 N–H and O–H groups in total. The van der Waals surface area contributed by atoms with E-state index in [0.29, 0.717) is 36.4 Å². The van der Waals surface area contributed by atoms with Gasteiger partial charge in [-0.1, -0.05) is 105 Å². The van der Waals surface area contributed by atoms with E-state index < -0.39 is 12.0 Å². The summed E-state index contributed by atoms with van der Waals surface area (Å²) >= 11 is 0. The molecule has 0 saturated heterocycles. The number of hydrogen-bond acceptors (Lipinski definition) is 6. The summed E-state index contributed by atoms with van der Waals surface area (Å²) < 4.78 is 11.1. The van der Waals surface area contributed by atoms with Gasteiger partial charge in [-0.3, -0.25) is 4.79 Å². The van der Waals surface area contributed by atoms with Crippen LogP contribution in [0.5, 0.6) is 5.75 Å². The molecule has 1 saturated carbocycles. The van der Waals surface area contributed by atoms with Crippen molar-refractivity contribution in [3.8, 4) is 5.75 Å².